The van der Waals surface area contributed by atoms with Gasteiger partial charge in [0, 0.05) is 25.2 Å². The second kappa shape index (κ2) is 8.89. The average molecular weight is 412 g/mol. The Labute approximate surface area is 175 Å². The second-order valence-corrected chi connectivity index (χ2v) is 7.96. The molecule has 1 aromatic carbocycles. The molecule has 2 heterocycles. The predicted molar refractivity (Wildman–Crippen MR) is 113 cm³/mol. The third-order valence-electron chi connectivity index (χ3n) is 5.91. The lowest BCUT2D eigenvalue weighted by Crippen LogP contribution is -2.49. The number of phenols is 1. The molecular formula is C22H28N4O4. The van der Waals surface area contributed by atoms with E-state index in [0.29, 0.717) is 36.1 Å². The molecule has 0 spiro atoms. The molecule has 1 aliphatic carbocycles. The van der Waals surface area contributed by atoms with E-state index >= 15 is 0 Å². The highest BCUT2D eigenvalue weighted by molar-refractivity contribution is 5.97. The maximum absolute atomic E-state index is 12.8. The van der Waals surface area contributed by atoms with Gasteiger partial charge in [0.05, 0.1) is 25.0 Å². The van der Waals surface area contributed by atoms with Gasteiger partial charge in [0.15, 0.2) is 0 Å². The van der Waals surface area contributed by atoms with Crippen LogP contribution in [-0.2, 0) is 13.0 Å². The van der Waals surface area contributed by atoms with Crippen molar-refractivity contribution < 1.29 is 19.7 Å². The smallest absolute Gasteiger partial charge is 0.255 e. The van der Waals surface area contributed by atoms with Gasteiger partial charge >= 0.3 is 0 Å². The number of rotatable bonds is 7. The van der Waals surface area contributed by atoms with Crippen LogP contribution in [0, 0.1) is 0 Å². The number of aliphatic hydroxyl groups is 1. The highest BCUT2D eigenvalue weighted by atomic mass is 16.5. The Morgan fingerprint density at radius 3 is 2.90 bits per heavy atom. The number of phenolic OH excluding ortho intramolecular Hbond substituents is 1. The summed E-state index contributed by atoms with van der Waals surface area (Å²) in [7, 11) is 1.50. The number of aromatic nitrogens is 1. The largest absolute Gasteiger partial charge is 0.508 e. The molecule has 1 amide bonds. The van der Waals surface area contributed by atoms with Crippen LogP contribution in [0.4, 0.5) is 5.82 Å². The van der Waals surface area contributed by atoms with E-state index in [-0.39, 0.29) is 24.2 Å². The van der Waals surface area contributed by atoms with E-state index in [1.165, 1.54) is 13.5 Å². The summed E-state index contributed by atoms with van der Waals surface area (Å²) >= 11 is 0. The van der Waals surface area contributed by atoms with Gasteiger partial charge in [-0.05, 0) is 55.0 Å². The number of methoxy groups -OCH3 is 1. The maximum Gasteiger partial charge on any atom is 0.255 e. The van der Waals surface area contributed by atoms with E-state index < -0.39 is 6.10 Å². The molecule has 8 heteroatoms. The van der Waals surface area contributed by atoms with Gasteiger partial charge < -0.3 is 30.9 Å². The third kappa shape index (κ3) is 4.49. The summed E-state index contributed by atoms with van der Waals surface area (Å²) in [5.41, 5.74) is 2.50. The Kier molecular flexibility index (Phi) is 6.06. The van der Waals surface area contributed by atoms with Crippen molar-refractivity contribution in [2.24, 2.45) is 0 Å². The minimum atomic E-state index is -0.753. The molecule has 8 nitrogen and oxygen atoms in total. The molecule has 0 bridgehead atoms. The molecule has 0 saturated heterocycles. The Bertz CT molecular complexity index is 916. The molecule has 2 aromatic rings. The van der Waals surface area contributed by atoms with Crippen LogP contribution in [0.2, 0.25) is 0 Å². The standard InChI is InChI=1S/C22H28N4O4/c1-30-20-12-24-21(26-15-3-2-4-15)9-17(20)22(29)25-11-19(28)18-8-13-5-6-16(27)7-14(13)10-23-18/h5-7,9,12,15,18-19,23,27-28H,2-4,8,10-11H2,1H3,(H,24,26)(H,25,29)/t18-,19?/m0/s1. The topological polar surface area (TPSA) is 116 Å². The SMILES string of the molecule is COc1cnc(NC2CCC2)cc1C(=O)NCC(O)[C@@H]1Cc2ccc(O)cc2CN1. The van der Waals surface area contributed by atoms with Gasteiger partial charge in [0.25, 0.3) is 5.91 Å². The first-order chi connectivity index (χ1) is 14.5. The molecule has 2 aliphatic rings. The summed E-state index contributed by atoms with van der Waals surface area (Å²) < 4.78 is 5.29. The first kappa shape index (κ1) is 20.4. The number of pyridine rings is 1. The summed E-state index contributed by atoms with van der Waals surface area (Å²) in [6.07, 6.45) is 4.84. The van der Waals surface area contributed by atoms with E-state index in [0.717, 1.165) is 24.0 Å². The molecule has 30 heavy (non-hydrogen) atoms. The summed E-state index contributed by atoms with van der Waals surface area (Å²) in [5.74, 6) is 0.969. The number of nitrogens with one attached hydrogen (secondary N) is 3. The second-order valence-electron chi connectivity index (χ2n) is 7.96. The number of benzene rings is 1. The maximum atomic E-state index is 12.8. The molecule has 160 valence electrons. The van der Waals surface area contributed by atoms with E-state index in [4.69, 9.17) is 4.74 Å². The highest BCUT2D eigenvalue weighted by Gasteiger charge is 2.26. The number of fused-ring (bicyclic) bond motifs is 1. The predicted octanol–water partition coefficient (Wildman–Crippen LogP) is 1.57. The zero-order valence-electron chi connectivity index (χ0n) is 17.0. The van der Waals surface area contributed by atoms with Crippen molar-refractivity contribution >= 4 is 11.7 Å². The van der Waals surface area contributed by atoms with Gasteiger partial charge in [-0.2, -0.15) is 0 Å². The van der Waals surface area contributed by atoms with Crippen LogP contribution < -0.4 is 20.7 Å². The molecule has 1 unspecified atom stereocenters. The number of amides is 1. The zero-order chi connectivity index (χ0) is 21.1. The Morgan fingerprint density at radius 1 is 1.33 bits per heavy atom. The van der Waals surface area contributed by atoms with Crippen LogP contribution in [-0.4, -0.2) is 52.9 Å². The lowest BCUT2D eigenvalue weighted by molar-refractivity contribution is 0.0867. The number of anilines is 1. The fraction of sp³-hybridized carbons (Fsp3) is 0.455. The summed E-state index contributed by atoms with van der Waals surface area (Å²) in [6.45, 7) is 0.675. The van der Waals surface area contributed by atoms with Crippen molar-refractivity contribution in [1.82, 2.24) is 15.6 Å². The Balaban J connectivity index is 1.36. The number of hydrogen-bond donors (Lipinski definition) is 5. The molecule has 1 saturated carbocycles. The van der Waals surface area contributed by atoms with E-state index in [9.17, 15) is 15.0 Å². The van der Waals surface area contributed by atoms with Gasteiger partial charge in [-0.1, -0.05) is 6.07 Å². The van der Waals surface area contributed by atoms with Crippen LogP contribution in [0.5, 0.6) is 11.5 Å². The Morgan fingerprint density at radius 2 is 2.17 bits per heavy atom. The van der Waals surface area contributed by atoms with Crippen LogP contribution in [0.25, 0.3) is 0 Å². The molecule has 1 aromatic heterocycles. The summed E-state index contributed by atoms with van der Waals surface area (Å²) in [4.78, 5) is 17.1. The Hall–Kier alpha value is -2.84. The van der Waals surface area contributed by atoms with Crippen molar-refractivity contribution in [3.05, 3.63) is 47.2 Å². The highest BCUT2D eigenvalue weighted by Crippen LogP contribution is 2.26. The van der Waals surface area contributed by atoms with Gasteiger partial charge in [0.1, 0.15) is 17.3 Å². The zero-order valence-corrected chi connectivity index (χ0v) is 17.0. The minimum Gasteiger partial charge on any atom is -0.508 e. The fourth-order valence-corrected chi connectivity index (χ4v) is 3.86. The normalized spacial score (nSPS) is 19.3. The van der Waals surface area contributed by atoms with E-state index in [1.54, 1.807) is 24.4 Å². The van der Waals surface area contributed by atoms with Gasteiger partial charge in [0.2, 0.25) is 0 Å². The van der Waals surface area contributed by atoms with Crippen molar-refractivity contribution in [2.45, 2.75) is 50.4 Å². The monoisotopic (exact) mass is 412 g/mol. The molecule has 4 rings (SSSR count). The number of nitrogens with zero attached hydrogens (tertiary/aromatic N) is 1. The first-order valence-electron chi connectivity index (χ1n) is 10.3. The first-order valence-corrected chi connectivity index (χ1v) is 10.3. The van der Waals surface area contributed by atoms with Crippen molar-refractivity contribution in [3.8, 4) is 11.5 Å². The van der Waals surface area contributed by atoms with Crippen LogP contribution >= 0.6 is 0 Å². The quantitative estimate of drug-likeness (QED) is 0.469. The van der Waals surface area contributed by atoms with Crippen molar-refractivity contribution in [3.63, 3.8) is 0 Å². The average Bonchev–Trinajstić information content (AvgIpc) is 2.73. The molecule has 2 atom stereocenters. The number of carbonyl (C=O) groups excluding carboxylic acids is 1. The van der Waals surface area contributed by atoms with Crippen molar-refractivity contribution in [1.29, 1.82) is 0 Å². The van der Waals surface area contributed by atoms with Gasteiger partial charge in [-0.25, -0.2) is 4.98 Å². The number of carbonyl (C=O) groups is 1. The van der Waals surface area contributed by atoms with E-state index in [2.05, 4.69) is 20.9 Å². The summed E-state index contributed by atoms with van der Waals surface area (Å²) in [5, 5.41) is 29.6. The number of ether oxygens (including phenoxy) is 1. The van der Waals surface area contributed by atoms with Crippen molar-refractivity contribution in [2.75, 3.05) is 19.0 Å². The molecule has 5 N–H and O–H groups in total. The number of aromatic hydroxyl groups is 1. The summed E-state index contributed by atoms with van der Waals surface area (Å²) in [6, 6.07) is 7.18. The van der Waals surface area contributed by atoms with Gasteiger partial charge in [-0.3, -0.25) is 4.79 Å². The number of hydrogen-bond acceptors (Lipinski definition) is 7. The number of aliphatic hydroxyl groups excluding tert-OH is 1. The van der Waals surface area contributed by atoms with E-state index in [1.807, 2.05) is 6.07 Å². The van der Waals surface area contributed by atoms with Crippen LogP contribution in [0.1, 0.15) is 40.7 Å². The lowest BCUT2D eigenvalue weighted by Gasteiger charge is -2.30. The lowest BCUT2D eigenvalue weighted by atomic mass is 9.92. The molecule has 0 radical (unpaired) electrons. The molecule has 1 fully saturated rings. The third-order valence-corrected chi connectivity index (χ3v) is 5.91. The fourth-order valence-electron chi connectivity index (χ4n) is 3.86. The minimum absolute atomic E-state index is 0.112. The van der Waals surface area contributed by atoms with Crippen LogP contribution in [0.15, 0.2) is 30.5 Å². The molecular weight excluding hydrogens is 384 g/mol. The molecule has 1 aliphatic heterocycles. The van der Waals surface area contributed by atoms with Crippen LogP contribution in [0.3, 0.4) is 0 Å². The van der Waals surface area contributed by atoms with Gasteiger partial charge in [-0.15, -0.1) is 0 Å².